The summed E-state index contributed by atoms with van der Waals surface area (Å²) < 4.78 is 0. The van der Waals surface area contributed by atoms with E-state index in [1.54, 1.807) is 0 Å². The first-order valence-corrected chi connectivity index (χ1v) is 11.5. The van der Waals surface area contributed by atoms with Gasteiger partial charge in [0.25, 0.3) is 0 Å². The second-order valence-electron chi connectivity index (χ2n) is 0.503. The molecule has 0 radical (unpaired) electrons. The normalized spacial score (nSPS) is 4.86. The van der Waals surface area contributed by atoms with Crippen molar-refractivity contribution >= 4 is 56.3 Å². The maximum Gasteiger partial charge on any atom is 0.552 e. The zero-order valence-electron chi connectivity index (χ0n) is 3.53. The number of amides is 2. The highest BCUT2D eigenvalue weighted by molar-refractivity contribution is 14.3. The van der Waals surface area contributed by atoms with Crippen molar-refractivity contribution in [3.8, 4) is 0 Å². The third-order valence-corrected chi connectivity index (χ3v) is 0. The number of carbonyl (C=O) groups excluding carboxylic acids is 1. The Bertz CT molecular complexity index is 47.0. The Morgan fingerprint density at radius 2 is 1.43 bits per heavy atom. The van der Waals surface area contributed by atoms with E-state index >= 15 is 0 Å². The summed E-state index contributed by atoms with van der Waals surface area (Å²) in [6.45, 7) is 0. The first-order chi connectivity index (χ1) is 3.15. The maximum absolute atomic E-state index is 9.00. The van der Waals surface area contributed by atoms with Gasteiger partial charge < -0.3 is 11.5 Å². The van der Waals surface area contributed by atoms with Crippen LogP contribution >= 0.6 is 37.7 Å². The van der Waals surface area contributed by atoms with Gasteiger partial charge in [-0.25, -0.2) is 4.79 Å². The topological polar surface area (TPSA) is 69.1 Å². The molecule has 3 nitrogen and oxygen atoms in total. The van der Waals surface area contributed by atoms with Crippen LogP contribution < -0.4 is 11.5 Å². The molecule has 0 aromatic carbocycles. The molecule has 0 saturated carbocycles. The molecular formula is CH4I2MgN2O. The van der Waals surface area contributed by atoms with Crippen molar-refractivity contribution in [2.75, 3.05) is 0 Å². The van der Waals surface area contributed by atoms with Gasteiger partial charge in [-0.05, 0) is 0 Å². The zero-order valence-corrected chi connectivity index (χ0v) is 9.26. The van der Waals surface area contributed by atoms with Crippen molar-refractivity contribution in [3.05, 3.63) is 0 Å². The van der Waals surface area contributed by atoms with Crippen LogP contribution in [0.4, 0.5) is 4.79 Å². The number of hydrogen-bond acceptors (Lipinski definition) is 1. The predicted molar refractivity (Wildman–Crippen MR) is 47.6 cm³/mol. The van der Waals surface area contributed by atoms with Crippen molar-refractivity contribution in [1.29, 1.82) is 0 Å². The highest BCUT2D eigenvalue weighted by Gasteiger charge is 1.61. The minimum atomic E-state index is -0.833. The van der Waals surface area contributed by atoms with Crippen LogP contribution in [-0.4, -0.2) is 18.6 Å². The first-order valence-electron chi connectivity index (χ1n) is 1.32. The van der Waals surface area contributed by atoms with E-state index in [4.69, 9.17) is 4.79 Å². The Balaban J connectivity index is 0. The second kappa shape index (κ2) is 10.5. The van der Waals surface area contributed by atoms with Crippen molar-refractivity contribution in [2.45, 2.75) is 0 Å². The fourth-order valence-corrected chi connectivity index (χ4v) is 0. The summed E-state index contributed by atoms with van der Waals surface area (Å²) in [6.07, 6.45) is 0. The SMILES string of the molecule is NC(N)=O.[I][Mg][I]. The lowest BCUT2D eigenvalue weighted by Gasteiger charge is -1.62. The number of carbonyl (C=O) groups is 1. The fourth-order valence-electron chi connectivity index (χ4n) is 0. The largest absolute Gasteiger partial charge is 0.552 e. The maximum atomic E-state index is 9.00. The van der Waals surface area contributed by atoms with Gasteiger partial charge in [0.05, 0.1) is 0 Å². The predicted octanol–water partition coefficient (Wildman–Crippen LogP) is 0.414. The monoisotopic (exact) mass is 338 g/mol. The molecule has 7 heavy (non-hydrogen) atoms. The van der Waals surface area contributed by atoms with Crippen LogP contribution in [0.2, 0.25) is 0 Å². The molecule has 0 aliphatic carbocycles. The van der Waals surface area contributed by atoms with Gasteiger partial charge in [0.15, 0.2) is 0 Å². The number of hydrogen-bond donors (Lipinski definition) is 2. The molecule has 6 heteroatoms. The third kappa shape index (κ3) is 101. The molecule has 0 aromatic heterocycles. The molecule has 4 N–H and O–H groups in total. The molecule has 0 bridgehead atoms. The van der Waals surface area contributed by atoms with Crippen LogP contribution in [0.5, 0.6) is 0 Å². The van der Waals surface area contributed by atoms with E-state index in [1.165, 1.54) is 0 Å². The van der Waals surface area contributed by atoms with Crippen LogP contribution in [-0.2, 0) is 0 Å². The summed E-state index contributed by atoms with van der Waals surface area (Å²) in [6, 6.07) is -0.833. The highest BCUT2D eigenvalue weighted by Crippen LogP contribution is 1.80. The van der Waals surface area contributed by atoms with Crippen LogP contribution in [0, 0.1) is 0 Å². The molecule has 2 amide bonds. The Labute approximate surface area is 71.4 Å². The molecule has 0 heterocycles. The van der Waals surface area contributed by atoms with E-state index in [0.29, 0.717) is 12.6 Å². The minimum Gasteiger partial charge on any atom is -0.352 e. The first kappa shape index (κ1) is 11.3. The van der Waals surface area contributed by atoms with Crippen LogP contribution in [0.15, 0.2) is 0 Å². The van der Waals surface area contributed by atoms with Crippen LogP contribution in [0.1, 0.15) is 0 Å². The van der Waals surface area contributed by atoms with E-state index < -0.39 is 6.03 Å². The number of halogens is 2. The van der Waals surface area contributed by atoms with E-state index in [0.717, 1.165) is 0 Å². The summed E-state index contributed by atoms with van der Waals surface area (Å²) in [4.78, 5) is 9.00. The summed E-state index contributed by atoms with van der Waals surface area (Å²) in [7, 11) is 0. The fraction of sp³-hybridized carbons (Fsp3) is 0. The average Bonchev–Trinajstić information content (AvgIpc) is 1.33. The van der Waals surface area contributed by atoms with E-state index in [1.807, 2.05) is 0 Å². The Morgan fingerprint density at radius 3 is 1.43 bits per heavy atom. The molecule has 0 fully saturated rings. The molecule has 0 unspecified atom stereocenters. The molecule has 0 rings (SSSR count). The van der Waals surface area contributed by atoms with Gasteiger partial charge in [-0.15, -0.1) is 0 Å². The van der Waals surface area contributed by atoms with Crippen LogP contribution in [0.25, 0.3) is 0 Å². The van der Waals surface area contributed by atoms with Gasteiger partial charge in [-0.1, -0.05) is 0 Å². The van der Waals surface area contributed by atoms with Gasteiger partial charge >= 0.3 is 18.6 Å². The van der Waals surface area contributed by atoms with E-state index in [-0.39, 0.29) is 0 Å². The summed E-state index contributed by atoms with van der Waals surface area (Å²) in [5.74, 6) is 0. The zero-order chi connectivity index (χ0) is 6.28. The van der Waals surface area contributed by atoms with Crippen molar-refractivity contribution in [3.63, 3.8) is 0 Å². The number of nitrogens with two attached hydrogens (primary N) is 2. The van der Waals surface area contributed by atoms with Crippen molar-refractivity contribution < 1.29 is 4.79 Å². The smallest absolute Gasteiger partial charge is 0.352 e. The molecule has 0 spiro atoms. The van der Waals surface area contributed by atoms with Crippen molar-refractivity contribution in [1.82, 2.24) is 0 Å². The molecule has 0 saturated heterocycles. The Morgan fingerprint density at radius 1 is 1.43 bits per heavy atom. The van der Waals surface area contributed by atoms with Gasteiger partial charge in [-0.3, -0.25) is 37.7 Å². The van der Waals surface area contributed by atoms with E-state index in [2.05, 4.69) is 49.2 Å². The second-order valence-corrected chi connectivity index (χ2v) is 14.0. The third-order valence-electron chi connectivity index (χ3n) is 0. The molecule has 0 aliphatic rings. The molecule has 0 aliphatic heterocycles. The number of primary amides is 2. The lowest BCUT2D eigenvalue weighted by molar-refractivity contribution is 0.256. The van der Waals surface area contributed by atoms with Gasteiger partial charge in [-0.2, -0.15) is 0 Å². The van der Waals surface area contributed by atoms with E-state index in [9.17, 15) is 0 Å². The summed E-state index contributed by atoms with van der Waals surface area (Å²) in [5, 5.41) is 0. The van der Waals surface area contributed by atoms with Gasteiger partial charge in [0, 0.05) is 0 Å². The van der Waals surface area contributed by atoms with Gasteiger partial charge in [0.1, 0.15) is 0 Å². The minimum absolute atomic E-state index is 0.357. The molecule has 40 valence electrons. The Hall–Kier alpha value is 1.50. The molecule has 0 atom stereocenters. The highest BCUT2D eigenvalue weighted by atomic mass is 127. The Kier molecular flexibility index (Phi) is 16.9. The average molecular weight is 338 g/mol. The van der Waals surface area contributed by atoms with Gasteiger partial charge in [0.2, 0.25) is 0 Å². The number of urea groups is 1. The molecular weight excluding hydrogens is 334 g/mol. The quantitative estimate of drug-likeness (QED) is 0.488. The molecule has 0 aromatic rings. The van der Waals surface area contributed by atoms with Crippen LogP contribution in [0.3, 0.4) is 0 Å². The number of rotatable bonds is 0. The lowest BCUT2D eigenvalue weighted by atomic mass is 11.2. The summed E-state index contributed by atoms with van der Waals surface area (Å²) >= 11 is 5.18. The summed E-state index contributed by atoms with van der Waals surface area (Å²) in [5.41, 5.74) is 8.50. The lowest BCUT2D eigenvalue weighted by Crippen LogP contribution is -2.18. The van der Waals surface area contributed by atoms with Crippen molar-refractivity contribution in [2.24, 2.45) is 11.5 Å². The standard InChI is InChI=1S/CH4N2O.2HI.Mg/c2-1(3)4;;;/h(H4,2,3,4);2*1H;/q;;;+2/p-2.